The van der Waals surface area contributed by atoms with Crippen LogP contribution in [-0.4, -0.2) is 61.5 Å². The first kappa shape index (κ1) is 16.8. The van der Waals surface area contributed by atoms with Crippen LogP contribution in [-0.2, 0) is 4.79 Å². The van der Waals surface area contributed by atoms with Crippen LogP contribution >= 0.6 is 0 Å². The third kappa shape index (κ3) is 5.59. The highest BCUT2D eigenvalue weighted by molar-refractivity contribution is 5.78. The summed E-state index contributed by atoms with van der Waals surface area (Å²) in [6.07, 6.45) is 6.06. The highest BCUT2D eigenvalue weighted by atomic mass is 16.2. The summed E-state index contributed by atoms with van der Waals surface area (Å²) in [4.78, 5) is 17.0. The lowest BCUT2D eigenvalue weighted by Crippen LogP contribution is -2.46. The second kappa shape index (κ2) is 8.74. The molecule has 2 aliphatic rings. The zero-order valence-corrected chi connectivity index (χ0v) is 13.9. The van der Waals surface area contributed by atoms with Crippen LogP contribution in [0.5, 0.6) is 0 Å². The fourth-order valence-corrected chi connectivity index (χ4v) is 3.55. The van der Waals surface area contributed by atoms with Gasteiger partial charge in [0.1, 0.15) is 0 Å². The maximum atomic E-state index is 12.5. The molecule has 1 unspecified atom stereocenters. The third-order valence-electron chi connectivity index (χ3n) is 4.95. The molecule has 2 saturated heterocycles. The second-order valence-electron chi connectivity index (χ2n) is 7.01. The highest BCUT2D eigenvalue weighted by Gasteiger charge is 2.23. The van der Waals surface area contributed by atoms with Gasteiger partial charge in [0.2, 0.25) is 5.91 Å². The topological polar surface area (TPSA) is 35.6 Å². The Hall–Kier alpha value is -0.610. The summed E-state index contributed by atoms with van der Waals surface area (Å²) in [5, 5.41) is 3.48. The molecule has 122 valence electrons. The Labute approximate surface area is 130 Å². The zero-order valence-electron chi connectivity index (χ0n) is 13.9. The SMILES string of the molecule is CCCN(CC(=O)N1CCC(C)CC1)CC1CCCNC1. The summed E-state index contributed by atoms with van der Waals surface area (Å²) >= 11 is 0. The average Bonchev–Trinajstić information content (AvgIpc) is 2.49. The van der Waals surface area contributed by atoms with Crippen molar-refractivity contribution in [3.05, 3.63) is 0 Å². The highest BCUT2D eigenvalue weighted by Crippen LogP contribution is 2.17. The maximum absolute atomic E-state index is 12.5. The molecule has 1 N–H and O–H groups in total. The van der Waals surface area contributed by atoms with Crippen LogP contribution < -0.4 is 5.32 Å². The van der Waals surface area contributed by atoms with E-state index in [9.17, 15) is 4.79 Å². The number of carbonyl (C=O) groups excluding carboxylic acids is 1. The smallest absolute Gasteiger partial charge is 0.236 e. The van der Waals surface area contributed by atoms with Crippen molar-refractivity contribution in [1.82, 2.24) is 15.1 Å². The number of piperidine rings is 2. The van der Waals surface area contributed by atoms with E-state index >= 15 is 0 Å². The molecule has 1 atom stereocenters. The van der Waals surface area contributed by atoms with Gasteiger partial charge >= 0.3 is 0 Å². The number of hydrogen-bond acceptors (Lipinski definition) is 3. The number of carbonyl (C=O) groups is 1. The van der Waals surface area contributed by atoms with Gasteiger partial charge in [0.15, 0.2) is 0 Å². The monoisotopic (exact) mass is 295 g/mol. The molecule has 0 bridgehead atoms. The zero-order chi connectivity index (χ0) is 15.1. The van der Waals surface area contributed by atoms with E-state index in [1.54, 1.807) is 0 Å². The van der Waals surface area contributed by atoms with Crippen molar-refractivity contribution in [2.75, 3.05) is 45.8 Å². The molecule has 0 aromatic carbocycles. The van der Waals surface area contributed by atoms with Gasteiger partial charge in [0.05, 0.1) is 6.54 Å². The van der Waals surface area contributed by atoms with Gasteiger partial charge in [-0.3, -0.25) is 9.69 Å². The fourth-order valence-electron chi connectivity index (χ4n) is 3.55. The summed E-state index contributed by atoms with van der Waals surface area (Å²) in [5.41, 5.74) is 0. The molecule has 2 aliphatic heterocycles. The molecule has 2 fully saturated rings. The van der Waals surface area contributed by atoms with Gasteiger partial charge in [-0.2, -0.15) is 0 Å². The number of likely N-dealkylation sites (tertiary alicyclic amines) is 1. The third-order valence-corrected chi connectivity index (χ3v) is 4.95. The Morgan fingerprint density at radius 1 is 1.29 bits per heavy atom. The molecule has 4 nitrogen and oxygen atoms in total. The largest absolute Gasteiger partial charge is 0.342 e. The van der Waals surface area contributed by atoms with Crippen molar-refractivity contribution in [1.29, 1.82) is 0 Å². The molecule has 2 rings (SSSR count). The summed E-state index contributed by atoms with van der Waals surface area (Å²) < 4.78 is 0. The molecular weight excluding hydrogens is 262 g/mol. The minimum Gasteiger partial charge on any atom is -0.342 e. The van der Waals surface area contributed by atoms with Crippen molar-refractivity contribution in [2.24, 2.45) is 11.8 Å². The molecule has 0 aromatic rings. The Balaban J connectivity index is 1.79. The molecule has 2 heterocycles. The first-order valence-electron chi connectivity index (χ1n) is 8.90. The average molecular weight is 295 g/mol. The molecule has 0 spiro atoms. The molecule has 0 aliphatic carbocycles. The summed E-state index contributed by atoms with van der Waals surface area (Å²) in [6, 6.07) is 0. The second-order valence-corrected chi connectivity index (χ2v) is 7.01. The Morgan fingerprint density at radius 3 is 2.67 bits per heavy atom. The van der Waals surface area contributed by atoms with Crippen LogP contribution in [0.1, 0.15) is 46.0 Å². The van der Waals surface area contributed by atoms with Crippen LogP contribution in [0.25, 0.3) is 0 Å². The van der Waals surface area contributed by atoms with Gasteiger partial charge in [0.25, 0.3) is 0 Å². The van der Waals surface area contributed by atoms with Gasteiger partial charge in [-0.25, -0.2) is 0 Å². The van der Waals surface area contributed by atoms with Crippen molar-refractivity contribution in [2.45, 2.75) is 46.0 Å². The quantitative estimate of drug-likeness (QED) is 0.813. The van der Waals surface area contributed by atoms with E-state index in [-0.39, 0.29) is 0 Å². The van der Waals surface area contributed by atoms with Crippen molar-refractivity contribution < 1.29 is 4.79 Å². The lowest BCUT2D eigenvalue weighted by atomic mass is 9.98. The molecule has 0 saturated carbocycles. The first-order chi connectivity index (χ1) is 10.2. The number of amides is 1. The van der Waals surface area contributed by atoms with Gasteiger partial charge in [0, 0.05) is 19.6 Å². The number of nitrogens with one attached hydrogen (secondary N) is 1. The predicted octanol–water partition coefficient (Wildman–Crippen LogP) is 1.96. The normalized spacial score (nSPS) is 24.5. The Bertz CT molecular complexity index is 307. The van der Waals surface area contributed by atoms with Crippen LogP contribution in [0.4, 0.5) is 0 Å². The van der Waals surface area contributed by atoms with Crippen molar-refractivity contribution >= 4 is 5.91 Å². The van der Waals surface area contributed by atoms with Crippen LogP contribution in [0, 0.1) is 11.8 Å². The molecule has 0 aromatic heterocycles. The van der Waals surface area contributed by atoms with Crippen molar-refractivity contribution in [3.8, 4) is 0 Å². The van der Waals surface area contributed by atoms with E-state index in [0.29, 0.717) is 12.5 Å². The predicted molar refractivity (Wildman–Crippen MR) is 87.3 cm³/mol. The van der Waals surface area contributed by atoms with Crippen LogP contribution in [0.3, 0.4) is 0 Å². The van der Waals surface area contributed by atoms with Crippen LogP contribution in [0.2, 0.25) is 0 Å². The van der Waals surface area contributed by atoms with E-state index in [1.807, 2.05) is 0 Å². The minimum atomic E-state index is 0.346. The fraction of sp³-hybridized carbons (Fsp3) is 0.941. The van der Waals surface area contributed by atoms with Gasteiger partial charge in [-0.05, 0) is 63.6 Å². The molecule has 1 amide bonds. The summed E-state index contributed by atoms with van der Waals surface area (Å²) in [6.45, 7) is 11.5. The van der Waals surface area contributed by atoms with Crippen molar-refractivity contribution in [3.63, 3.8) is 0 Å². The lowest BCUT2D eigenvalue weighted by Gasteiger charge is -2.34. The molecule has 21 heavy (non-hydrogen) atoms. The summed E-state index contributed by atoms with van der Waals surface area (Å²) in [7, 11) is 0. The molecule has 4 heteroatoms. The minimum absolute atomic E-state index is 0.346. The van der Waals surface area contributed by atoms with E-state index in [1.165, 1.54) is 25.7 Å². The van der Waals surface area contributed by atoms with Crippen LogP contribution in [0.15, 0.2) is 0 Å². The summed E-state index contributed by atoms with van der Waals surface area (Å²) in [5.74, 6) is 1.85. The van der Waals surface area contributed by atoms with E-state index in [2.05, 4.69) is 29.0 Å². The lowest BCUT2D eigenvalue weighted by molar-refractivity contribution is -0.133. The van der Waals surface area contributed by atoms with E-state index in [0.717, 1.165) is 57.5 Å². The van der Waals surface area contributed by atoms with E-state index in [4.69, 9.17) is 0 Å². The van der Waals surface area contributed by atoms with Gasteiger partial charge in [-0.1, -0.05) is 13.8 Å². The Morgan fingerprint density at radius 2 is 2.05 bits per heavy atom. The van der Waals surface area contributed by atoms with Gasteiger partial charge < -0.3 is 10.2 Å². The standard InChI is InChI=1S/C17H33N3O/c1-3-9-19(13-16-5-4-8-18-12-16)14-17(21)20-10-6-15(2)7-11-20/h15-16,18H,3-14H2,1-2H3. The first-order valence-corrected chi connectivity index (χ1v) is 8.90. The maximum Gasteiger partial charge on any atom is 0.236 e. The number of nitrogens with zero attached hydrogens (tertiary/aromatic N) is 2. The number of hydrogen-bond donors (Lipinski definition) is 1. The van der Waals surface area contributed by atoms with E-state index < -0.39 is 0 Å². The van der Waals surface area contributed by atoms with Gasteiger partial charge in [-0.15, -0.1) is 0 Å². The Kier molecular flexibility index (Phi) is 6.97. The number of rotatable bonds is 6. The molecule has 0 radical (unpaired) electrons. The molecular formula is C17H33N3O.